The van der Waals surface area contributed by atoms with Gasteiger partial charge < -0.3 is 9.31 Å². The molecule has 0 radical (unpaired) electrons. The number of benzene rings is 6. The Balaban J connectivity index is 0.695. The van der Waals surface area contributed by atoms with E-state index in [0.29, 0.717) is 5.41 Å². The van der Waals surface area contributed by atoms with Crippen molar-refractivity contribution >= 4 is 18.2 Å². The van der Waals surface area contributed by atoms with Gasteiger partial charge in [0, 0.05) is 0 Å². The molecule has 6 heteroatoms. The van der Waals surface area contributed by atoms with Gasteiger partial charge in [-0.1, -0.05) is 152 Å². The molecule has 0 atom stereocenters. The number of hydrogen-bond donors (Lipinski definition) is 0. The van der Waals surface area contributed by atoms with Gasteiger partial charge in [-0.25, -0.2) is 0 Å². The van der Waals surface area contributed by atoms with E-state index in [4.69, 9.17) is 9.31 Å². The Morgan fingerprint density at radius 3 is 0.866 bits per heavy atom. The van der Waals surface area contributed by atoms with Gasteiger partial charge in [0.2, 0.25) is 0 Å². The van der Waals surface area contributed by atoms with Gasteiger partial charge in [-0.05, 0) is 193 Å². The lowest BCUT2D eigenvalue weighted by Gasteiger charge is -2.54. The normalized spacial score (nSPS) is 27.3. The topological polar surface area (TPSA) is 18.5 Å². The molecule has 67 heavy (non-hydrogen) atoms. The number of halogens is 3. The zero-order valence-corrected chi connectivity index (χ0v) is 39.6. The summed E-state index contributed by atoms with van der Waals surface area (Å²) in [6.45, 7) is 11.7. The third-order valence-corrected chi connectivity index (χ3v) is 18.5. The van der Waals surface area contributed by atoms with Gasteiger partial charge >= 0.3 is 13.3 Å². The van der Waals surface area contributed by atoms with Crippen LogP contribution in [-0.2, 0) is 31.0 Å². The second-order valence-electron chi connectivity index (χ2n) is 22.2. The molecule has 7 fully saturated rings. The minimum absolute atomic E-state index is 0.0926. The first-order chi connectivity index (χ1) is 32.0. The molecule has 342 valence electrons. The van der Waals surface area contributed by atoms with Crippen LogP contribution in [0.2, 0.25) is 0 Å². The molecule has 0 unspecified atom stereocenters. The molecule has 13 rings (SSSR count). The first-order valence-corrected chi connectivity index (χ1v) is 24.8. The lowest BCUT2D eigenvalue weighted by atomic mass is 9.50. The summed E-state index contributed by atoms with van der Waals surface area (Å²) in [7, 11) is -0.314. The van der Waals surface area contributed by atoms with Crippen molar-refractivity contribution in [1.29, 1.82) is 0 Å². The van der Waals surface area contributed by atoms with Crippen molar-refractivity contribution in [2.45, 2.75) is 144 Å². The molecular formula is C61H62BF3O2. The van der Waals surface area contributed by atoms with Crippen molar-refractivity contribution in [2.75, 3.05) is 0 Å². The molecule has 0 N–H and O–H groups in total. The highest BCUT2D eigenvalue weighted by molar-refractivity contribution is 6.62. The van der Waals surface area contributed by atoms with Crippen molar-refractivity contribution in [3.63, 3.8) is 0 Å². The summed E-state index contributed by atoms with van der Waals surface area (Å²) < 4.78 is 52.0. The third kappa shape index (κ3) is 7.66. The smallest absolute Gasteiger partial charge is 0.399 e. The van der Waals surface area contributed by atoms with Crippen molar-refractivity contribution in [1.82, 2.24) is 0 Å². The van der Waals surface area contributed by atoms with Gasteiger partial charge in [-0.3, -0.25) is 0 Å². The molecule has 6 aromatic carbocycles. The molecule has 0 spiro atoms. The molecule has 2 nitrogen and oxygen atoms in total. The van der Waals surface area contributed by atoms with Crippen LogP contribution in [0, 0.1) is 0 Å². The maximum absolute atomic E-state index is 13.1. The highest BCUT2D eigenvalue weighted by atomic mass is 19.4. The van der Waals surface area contributed by atoms with Crippen LogP contribution in [0.1, 0.15) is 133 Å². The van der Waals surface area contributed by atoms with Crippen LogP contribution in [0.5, 0.6) is 0 Å². The van der Waals surface area contributed by atoms with Crippen LogP contribution in [0.25, 0.3) is 39.0 Å². The Kier molecular flexibility index (Phi) is 10.6. The van der Waals surface area contributed by atoms with Gasteiger partial charge in [0.15, 0.2) is 0 Å². The van der Waals surface area contributed by atoms with E-state index in [1.165, 1.54) is 128 Å². The number of allylic oxidation sites excluding steroid dienone is 1. The van der Waals surface area contributed by atoms with Crippen LogP contribution in [-0.4, -0.2) is 24.5 Å². The minimum atomic E-state index is -4.43. The van der Waals surface area contributed by atoms with Gasteiger partial charge in [-0.2, -0.15) is 13.2 Å². The van der Waals surface area contributed by atoms with E-state index >= 15 is 0 Å². The Morgan fingerprint density at radius 1 is 0.388 bits per heavy atom. The SMILES string of the molecule is C=C(c1ccc(-c2ccc(-c3ccc(C45CCC(c6ccc(-c7ccc(C89CCC(c%10ccc(B%11OC(C)(C)C(C)(C)O%11)cc%10)(CC8)CC9)cc7)cc6)(CC4)CC5)cc3)cc2)cc1)C(F)(F)F. The highest BCUT2D eigenvalue weighted by Gasteiger charge is 2.53. The van der Waals surface area contributed by atoms with E-state index in [2.05, 4.69) is 143 Å². The highest BCUT2D eigenvalue weighted by Crippen LogP contribution is 2.60. The fraction of sp³-hybridized carbons (Fsp3) is 0.377. The molecule has 1 saturated heterocycles. The molecule has 1 aliphatic heterocycles. The third-order valence-electron chi connectivity index (χ3n) is 18.5. The zero-order chi connectivity index (χ0) is 46.5. The van der Waals surface area contributed by atoms with Gasteiger partial charge in [-0.15, -0.1) is 0 Å². The summed E-state index contributed by atoms with van der Waals surface area (Å²) in [4.78, 5) is 0. The second kappa shape index (κ2) is 16.0. The Labute approximate surface area is 396 Å². The largest absolute Gasteiger partial charge is 0.494 e. The summed E-state index contributed by atoms with van der Waals surface area (Å²) >= 11 is 0. The minimum Gasteiger partial charge on any atom is -0.399 e. The van der Waals surface area contributed by atoms with E-state index in [-0.39, 0.29) is 40.1 Å². The van der Waals surface area contributed by atoms with E-state index in [1.807, 2.05) is 12.1 Å². The molecular weight excluding hydrogens is 832 g/mol. The average molecular weight is 895 g/mol. The Hall–Kier alpha value is -5.17. The van der Waals surface area contributed by atoms with E-state index < -0.39 is 11.7 Å². The summed E-state index contributed by atoms with van der Waals surface area (Å²) in [5.41, 5.74) is 13.5. The van der Waals surface area contributed by atoms with Gasteiger partial charge in [0.1, 0.15) is 0 Å². The lowest BCUT2D eigenvalue weighted by Crippen LogP contribution is -2.46. The van der Waals surface area contributed by atoms with E-state index in [9.17, 15) is 13.2 Å². The molecule has 0 amide bonds. The zero-order valence-electron chi connectivity index (χ0n) is 39.6. The molecule has 6 aliphatic carbocycles. The number of hydrogen-bond acceptors (Lipinski definition) is 2. The van der Waals surface area contributed by atoms with Crippen molar-refractivity contribution < 1.29 is 22.5 Å². The fourth-order valence-corrected chi connectivity index (χ4v) is 13.0. The average Bonchev–Trinajstić information content (AvgIpc) is 3.60. The summed E-state index contributed by atoms with van der Waals surface area (Å²) in [6, 6.07) is 52.4. The Morgan fingerprint density at radius 2 is 0.612 bits per heavy atom. The van der Waals surface area contributed by atoms with Gasteiger partial charge in [0.25, 0.3) is 0 Å². The quantitative estimate of drug-likeness (QED) is 0.135. The predicted molar refractivity (Wildman–Crippen MR) is 269 cm³/mol. The summed E-state index contributed by atoms with van der Waals surface area (Å²) in [5, 5.41) is 0. The first kappa shape index (κ1) is 44.3. The van der Waals surface area contributed by atoms with E-state index in [1.54, 1.807) is 12.1 Å². The van der Waals surface area contributed by atoms with Crippen molar-refractivity contribution in [2.24, 2.45) is 0 Å². The second-order valence-corrected chi connectivity index (χ2v) is 22.2. The maximum Gasteiger partial charge on any atom is 0.494 e. The number of rotatable bonds is 9. The standard InChI is InChI=1S/C61H62BF3O2/c1-42(61(63,64)65)43-6-8-44(9-7-43)45-10-12-46(13-11-45)47-14-20-50(21-15-47)57-30-33-58(34-31-57,35-32-57)51-22-16-48(17-23-51)49-18-24-52(25-19-49)59-36-39-60(40-37-59,41-38-59)53-26-28-54(29-27-53)62-66-55(2,3)56(4,5)67-62/h6-29H,1,30-41H2,2-5H3. The molecule has 4 bridgehead atoms. The lowest BCUT2D eigenvalue weighted by molar-refractivity contribution is -0.0686. The van der Waals surface area contributed by atoms with Crippen LogP contribution in [0.4, 0.5) is 13.2 Å². The molecule has 1 heterocycles. The molecule has 0 aromatic heterocycles. The van der Waals surface area contributed by atoms with Crippen LogP contribution < -0.4 is 5.46 Å². The number of alkyl halides is 3. The van der Waals surface area contributed by atoms with Crippen molar-refractivity contribution in [3.8, 4) is 33.4 Å². The molecule has 7 aliphatic rings. The molecule has 6 aromatic rings. The van der Waals surface area contributed by atoms with Crippen LogP contribution >= 0.6 is 0 Å². The summed E-state index contributed by atoms with van der Waals surface area (Å²) in [5.74, 6) is 0. The van der Waals surface area contributed by atoms with Crippen molar-refractivity contribution in [3.05, 3.63) is 180 Å². The fourth-order valence-electron chi connectivity index (χ4n) is 13.0. The predicted octanol–water partition coefficient (Wildman–Crippen LogP) is 15.6. The number of fused-ring (bicyclic) bond motifs is 6. The first-order valence-electron chi connectivity index (χ1n) is 24.8. The van der Waals surface area contributed by atoms with E-state index in [0.717, 1.165) is 22.2 Å². The Bertz CT molecular complexity index is 2720. The monoisotopic (exact) mass is 894 g/mol. The maximum atomic E-state index is 13.1. The molecule has 6 saturated carbocycles. The van der Waals surface area contributed by atoms with Gasteiger partial charge in [0.05, 0.1) is 16.8 Å². The van der Waals surface area contributed by atoms with Crippen LogP contribution in [0.3, 0.4) is 0 Å². The summed E-state index contributed by atoms with van der Waals surface area (Å²) in [6.07, 6.45) is 10.4. The van der Waals surface area contributed by atoms with Crippen LogP contribution in [0.15, 0.2) is 152 Å².